The van der Waals surface area contributed by atoms with E-state index in [9.17, 15) is 15.0 Å². The van der Waals surface area contributed by atoms with Crippen molar-refractivity contribution < 1.29 is 24.9 Å². The summed E-state index contributed by atoms with van der Waals surface area (Å²) in [5.74, 6) is -0.920. The van der Waals surface area contributed by atoms with Crippen LogP contribution in [0, 0.1) is 0 Å². The molecule has 0 aliphatic carbocycles. The molecule has 2 aliphatic heterocycles. The first kappa shape index (κ1) is 16.2. The fraction of sp³-hybridized carbons (Fsp3) is 0.786. The first-order chi connectivity index (χ1) is 10.8. The van der Waals surface area contributed by atoms with Crippen LogP contribution in [-0.4, -0.2) is 73.1 Å². The molecule has 3 heterocycles. The summed E-state index contributed by atoms with van der Waals surface area (Å²) < 4.78 is 7.28. The minimum Gasteiger partial charge on any atom is -0.475 e. The van der Waals surface area contributed by atoms with Gasteiger partial charge in [-0.2, -0.15) is 4.98 Å². The fourth-order valence-corrected chi connectivity index (χ4v) is 3.49. The summed E-state index contributed by atoms with van der Waals surface area (Å²) in [6, 6.07) is 0. The molecule has 1 aromatic heterocycles. The number of aryl methyl sites for hydroxylation is 1. The van der Waals surface area contributed by atoms with Crippen LogP contribution in [0.4, 0.5) is 5.95 Å². The maximum absolute atomic E-state index is 11.0. The zero-order chi connectivity index (χ0) is 16.8. The number of carboxylic acid groups (broad SMARTS) is 1. The Labute approximate surface area is 133 Å². The molecule has 9 nitrogen and oxygen atoms in total. The van der Waals surface area contributed by atoms with E-state index in [-0.39, 0.29) is 5.82 Å². The predicted molar refractivity (Wildman–Crippen MR) is 79.3 cm³/mol. The molecule has 1 spiro atoms. The van der Waals surface area contributed by atoms with Gasteiger partial charge in [-0.1, -0.05) is 0 Å². The highest BCUT2D eigenvalue weighted by atomic mass is 16.5. The molecular weight excluding hydrogens is 304 g/mol. The van der Waals surface area contributed by atoms with Gasteiger partial charge in [0.15, 0.2) is 0 Å². The number of carbonyl (C=O) groups is 1. The zero-order valence-corrected chi connectivity index (χ0v) is 13.3. The molecule has 2 saturated heterocycles. The second-order valence-corrected chi connectivity index (χ2v) is 6.57. The summed E-state index contributed by atoms with van der Waals surface area (Å²) in [6.07, 6.45) is 0.518. The van der Waals surface area contributed by atoms with E-state index in [0.29, 0.717) is 44.9 Å². The van der Waals surface area contributed by atoms with Crippen molar-refractivity contribution in [2.45, 2.75) is 43.5 Å². The zero-order valence-electron chi connectivity index (χ0n) is 13.3. The Kier molecular flexibility index (Phi) is 3.81. The molecule has 0 saturated carbocycles. The first-order valence-electron chi connectivity index (χ1n) is 7.69. The monoisotopic (exact) mass is 326 g/mol. The van der Waals surface area contributed by atoms with Crippen molar-refractivity contribution in [2.75, 3.05) is 24.6 Å². The normalized spacial score (nSPS) is 30.6. The number of hydrogen-bond acceptors (Lipinski definition) is 7. The lowest BCUT2D eigenvalue weighted by atomic mass is 9.75. The van der Waals surface area contributed by atoms with Crippen molar-refractivity contribution >= 4 is 11.9 Å². The third kappa shape index (κ3) is 2.68. The van der Waals surface area contributed by atoms with Crippen LogP contribution in [0.2, 0.25) is 0 Å². The van der Waals surface area contributed by atoms with Gasteiger partial charge in [0.25, 0.3) is 5.82 Å². The van der Waals surface area contributed by atoms with Gasteiger partial charge in [-0.05, 0) is 19.8 Å². The Morgan fingerprint density at radius 1 is 1.35 bits per heavy atom. The number of anilines is 1. The molecule has 0 radical (unpaired) electrons. The molecule has 128 valence electrons. The van der Waals surface area contributed by atoms with Gasteiger partial charge in [-0.3, -0.25) is 0 Å². The van der Waals surface area contributed by atoms with Gasteiger partial charge in [0, 0.05) is 26.6 Å². The van der Waals surface area contributed by atoms with Gasteiger partial charge in [0.2, 0.25) is 5.95 Å². The molecule has 23 heavy (non-hydrogen) atoms. The molecule has 0 unspecified atom stereocenters. The highest BCUT2D eigenvalue weighted by molar-refractivity contribution is 5.83. The number of aromatic nitrogens is 3. The number of aliphatic hydroxyl groups excluding tert-OH is 1. The van der Waals surface area contributed by atoms with E-state index >= 15 is 0 Å². The number of hydrogen-bond donors (Lipinski definition) is 3. The number of rotatable bonds is 2. The standard InChI is InChI=1S/C14H22N4O5/c1-13(22)5-8-23-14(11(13)21)3-6-18(7-4-14)12-15-9(10(19)20)16-17(12)2/h11,21-22H,3-8H2,1-2H3,(H,19,20)/t11-,13+/m0/s1. The Morgan fingerprint density at radius 2 is 2.00 bits per heavy atom. The van der Waals surface area contributed by atoms with Crippen molar-refractivity contribution in [3.05, 3.63) is 5.82 Å². The average Bonchev–Trinajstić information content (AvgIpc) is 2.88. The van der Waals surface area contributed by atoms with Gasteiger partial charge in [0.05, 0.1) is 12.2 Å². The van der Waals surface area contributed by atoms with Crippen molar-refractivity contribution in [3.8, 4) is 0 Å². The molecule has 9 heteroatoms. The number of aliphatic hydroxyl groups is 2. The molecule has 3 rings (SSSR count). The van der Waals surface area contributed by atoms with E-state index in [2.05, 4.69) is 10.1 Å². The fourth-order valence-electron chi connectivity index (χ4n) is 3.49. The van der Waals surface area contributed by atoms with Gasteiger partial charge < -0.3 is 25.0 Å². The van der Waals surface area contributed by atoms with Gasteiger partial charge in [0.1, 0.15) is 11.7 Å². The summed E-state index contributed by atoms with van der Waals surface area (Å²) in [5.41, 5.74) is -1.91. The number of nitrogens with zero attached hydrogens (tertiary/aromatic N) is 4. The van der Waals surface area contributed by atoms with E-state index in [1.54, 1.807) is 14.0 Å². The number of piperidine rings is 1. The second-order valence-electron chi connectivity index (χ2n) is 6.57. The molecule has 1 aromatic rings. The van der Waals surface area contributed by atoms with Crippen LogP contribution in [0.15, 0.2) is 0 Å². The van der Waals surface area contributed by atoms with Crippen molar-refractivity contribution in [3.63, 3.8) is 0 Å². The largest absolute Gasteiger partial charge is 0.475 e. The van der Waals surface area contributed by atoms with Crippen molar-refractivity contribution in [1.29, 1.82) is 0 Å². The lowest BCUT2D eigenvalue weighted by Crippen LogP contribution is -2.64. The SMILES string of the molecule is Cn1nc(C(=O)O)nc1N1CCC2(CC1)OCC[C@@](C)(O)[C@@H]2O. The smallest absolute Gasteiger partial charge is 0.375 e. The molecule has 0 bridgehead atoms. The number of ether oxygens (including phenoxy) is 1. The summed E-state index contributed by atoms with van der Waals surface area (Å²) in [7, 11) is 1.65. The van der Waals surface area contributed by atoms with Crippen LogP contribution >= 0.6 is 0 Å². The van der Waals surface area contributed by atoms with Crippen molar-refractivity contribution in [1.82, 2.24) is 14.8 Å². The van der Waals surface area contributed by atoms with Crippen LogP contribution in [0.3, 0.4) is 0 Å². The third-order valence-corrected chi connectivity index (χ3v) is 4.91. The quantitative estimate of drug-likeness (QED) is 0.658. The van der Waals surface area contributed by atoms with Gasteiger partial charge in [-0.25, -0.2) is 9.48 Å². The minimum absolute atomic E-state index is 0.236. The summed E-state index contributed by atoms with van der Waals surface area (Å²) in [5, 5.41) is 33.7. The van der Waals surface area contributed by atoms with Crippen LogP contribution in [0.25, 0.3) is 0 Å². The average molecular weight is 326 g/mol. The lowest BCUT2D eigenvalue weighted by Gasteiger charge is -2.51. The topological polar surface area (TPSA) is 121 Å². The van der Waals surface area contributed by atoms with Crippen LogP contribution in [-0.2, 0) is 11.8 Å². The van der Waals surface area contributed by atoms with E-state index in [4.69, 9.17) is 9.84 Å². The Morgan fingerprint density at radius 3 is 2.57 bits per heavy atom. The van der Waals surface area contributed by atoms with Crippen LogP contribution in [0.1, 0.15) is 36.8 Å². The minimum atomic E-state index is -1.16. The third-order valence-electron chi connectivity index (χ3n) is 4.91. The predicted octanol–water partition coefficient (Wildman–Crippen LogP) is -0.615. The highest BCUT2D eigenvalue weighted by Gasteiger charge is 2.52. The van der Waals surface area contributed by atoms with E-state index in [1.807, 2.05) is 4.90 Å². The van der Waals surface area contributed by atoms with Gasteiger partial charge in [-0.15, -0.1) is 5.10 Å². The lowest BCUT2D eigenvalue weighted by molar-refractivity contribution is -0.239. The second kappa shape index (κ2) is 5.43. The number of carboxylic acids is 1. The first-order valence-corrected chi connectivity index (χ1v) is 7.69. The molecular formula is C14H22N4O5. The summed E-state index contributed by atoms with van der Waals surface area (Å²) in [6.45, 7) is 3.13. The maximum atomic E-state index is 11.0. The van der Waals surface area contributed by atoms with Crippen LogP contribution in [0.5, 0.6) is 0 Å². The summed E-state index contributed by atoms with van der Waals surface area (Å²) >= 11 is 0. The number of aromatic carboxylic acids is 1. The molecule has 2 fully saturated rings. The highest BCUT2D eigenvalue weighted by Crippen LogP contribution is 2.40. The molecule has 0 amide bonds. The van der Waals surface area contributed by atoms with E-state index in [1.165, 1.54) is 4.68 Å². The Balaban J connectivity index is 1.75. The molecule has 2 aliphatic rings. The summed E-state index contributed by atoms with van der Waals surface area (Å²) in [4.78, 5) is 16.9. The molecule has 3 N–H and O–H groups in total. The van der Waals surface area contributed by atoms with Crippen molar-refractivity contribution in [2.24, 2.45) is 7.05 Å². The molecule has 0 aromatic carbocycles. The van der Waals surface area contributed by atoms with E-state index in [0.717, 1.165) is 0 Å². The molecule has 2 atom stereocenters. The maximum Gasteiger partial charge on any atom is 0.375 e. The Bertz CT molecular complexity index is 606. The van der Waals surface area contributed by atoms with Crippen LogP contribution < -0.4 is 4.90 Å². The van der Waals surface area contributed by atoms with E-state index < -0.39 is 23.3 Å². The van der Waals surface area contributed by atoms with Gasteiger partial charge >= 0.3 is 5.97 Å². The Hall–Kier alpha value is -1.71.